The Morgan fingerprint density at radius 3 is 2.57 bits per heavy atom. The number of nitrogens with one attached hydrogen (secondary N) is 1. The zero-order chi connectivity index (χ0) is 16.9. The summed E-state index contributed by atoms with van der Waals surface area (Å²) in [5.74, 6) is -0.510. The van der Waals surface area contributed by atoms with Crippen molar-refractivity contribution in [2.75, 3.05) is 17.1 Å². The molecule has 0 radical (unpaired) electrons. The van der Waals surface area contributed by atoms with Crippen LogP contribution >= 0.6 is 11.3 Å². The van der Waals surface area contributed by atoms with E-state index in [0.29, 0.717) is 5.69 Å². The van der Waals surface area contributed by atoms with Crippen LogP contribution in [-0.4, -0.2) is 33.3 Å². The molecule has 0 saturated carbocycles. The van der Waals surface area contributed by atoms with Gasteiger partial charge in [0, 0.05) is 4.88 Å². The average molecular weight is 351 g/mol. The molecule has 1 heterocycles. The quantitative estimate of drug-likeness (QED) is 0.638. The maximum atomic E-state index is 12.0. The second-order valence-corrected chi connectivity index (χ2v) is 7.72. The van der Waals surface area contributed by atoms with E-state index in [1.165, 1.54) is 11.3 Å². The van der Waals surface area contributed by atoms with Crippen molar-refractivity contribution >= 4 is 39.2 Å². The summed E-state index contributed by atoms with van der Waals surface area (Å²) in [6.45, 7) is 1.62. The number of para-hydroxylation sites is 1. The molecule has 0 saturated heterocycles. The third-order valence-corrected chi connectivity index (χ3v) is 5.10. The van der Waals surface area contributed by atoms with E-state index < -0.39 is 15.9 Å². The van der Waals surface area contributed by atoms with Crippen LogP contribution in [0.1, 0.15) is 10.4 Å². The monoisotopic (exact) mass is 351 g/mol. The standard InChI is InChI=1S/C15H17N3O3S2/c1-12-8-9-22-14(12)10-16-17-15(19)11-18(23(2,20)21)13-6-4-3-5-7-13/h3-10H,11H2,1-2H3,(H,17,19)/b16-10-. The van der Waals surface area contributed by atoms with Gasteiger partial charge in [0.25, 0.3) is 5.91 Å². The number of aryl methyl sites for hydroxylation is 1. The lowest BCUT2D eigenvalue weighted by atomic mass is 10.3. The number of anilines is 1. The van der Waals surface area contributed by atoms with Gasteiger partial charge in [0.05, 0.1) is 18.2 Å². The van der Waals surface area contributed by atoms with E-state index >= 15 is 0 Å². The number of sulfonamides is 1. The summed E-state index contributed by atoms with van der Waals surface area (Å²) in [6.07, 6.45) is 2.61. The summed E-state index contributed by atoms with van der Waals surface area (Å²) in [4.78, 5) is 12.9. The lowest BCUT2D eigenvalue weighted by molar-refractivity contribution is -0.119. The molecule has 0 aliphatic rings. The smallest absolute Gasteiger partial charge is 0.260 e. The number of nitrogens with zero attached hydrogens (tertiary/aromatic N) is 2. The minimum Gasteiger partial charge on any atom is -0.271 e. The summed E-state index contributed by atoms with van der Waals surface area (Å²) in [6, 6.07) is 10.4. The van der Waals surface area contributed by atoms with Crippen molar-refractivity contribution in [2.24, 2.45) is 5.10 Å². The zero-order valence-electron chi connectivity index (χ0n) is 12.8. The van der Waals surface area contributed by atoms with Gasteiger partial charge in [-0.3, -0.25) is 9.10 Å². The molecular weight excluding hydrogens is 334 g/mol. The molecule has 1 aromatic heterocycles. The molecule has 2 aromatic rings. The molecule has 0 aliphatic carbocycles. The van der Waals surface area contributed by atoms with Gasteiger partial charge in [-0.2, -0.15) is 5.10 Å². The Morgan fingerprint density at radius 1 is 1.30 bits per heavy atom. The highest BCUT2D eigenvalue weighted by Crippen LogP contribution is 2.16. The number of hydrogen-bond acceptors (Lipinski definition) is 5. The Bertz CT molecular complexity index is 798. The molecule has 0 bridgehead atoms. The Kier molecular flexibility index (Phi) is 5.51. The van der Waals surface area contributed by atoms with E-state index in [1.54, 1.807) is 36.5 Å². The first-order valence-electron chi connectivity index (χ1n) is 6.76. The van der Waals surface area contributed by atoms with Crippen LogP contribution < -0.4 is 9.73 Å². The van der Waals surface area contributed by atoms with Crippen molar-refractivity contribution in [2.45, 2.75) is 6.92 Å². The van der Waals surface area contributed by atoms with Crippen LogP contribution in [0.3, 0.4) is 0 Å². The lowest BCUT2D eigenvalue weighted by Gasteiger charge is -2.21. The lowest BCUT2D eigenvalue weighted by Crippen LogP contribution is -2.38. The van der Waals surface area contributed by atoms with Crippen molar-refractivity contribution in [3.63, 3.8) is 0 Å². The summed E-state index contributed by atoms with van der Waals surface area (Å²) in [5, 5.41) is 5.80. The third kappa shape index (κ3) is 4.90. The summed E-state index contributed by atoms with van der Waals surface area (Å²) in [5.41, 5.74) is 3.85. The van der Waals surface area contributed by atoms with E-state index in [9.17, 15) is 13.2 Å². The number of carbonyl (C=O) groups excluding carboxylic acids is 1. The van der Waals surface area contributed by atoms with Crippen LogP contribution in [0.4, 0.5) is 5.69 Å². The van der Waals surface area contributed by atoms with Crippen molar-refractivity contribution in [3.8, 4) is 0 Å². The van der Waals surface area contributed by atoms with Crippen LogP contribution in [0.25, 0.3) is 0 Å². The molecule has 0 aliphatic heterocycles. The number of rotatable bonds is 6. The number of benzene rings is 1. The topological polar surface area (TPSA) is 78.8 Å². The van der Waals surface area contributed by atoms with Crippen molar-refractivity contribution in [1.29, 1.82) is 0 Å². The Morgan fingerprint density at radius 2 is 2.00 bits per heavy atom. The molecular formula is C15H17N3O3S2. The van der Waals surface area contributed by atoms with Crippen LogP contribution in [-0.2, 0) is 14.8 Å². The fraction of sp³-hybridized carbons (Fsp3) is 0.200. The third-order valence-electron chi connectivity index (χ3n) is 3.00. The van der Waals surface area contributed by atoms with Gasteiger partial charge in [-0.25, -0.2) is 13.8 Å². The van der Waals surface area contributed by atoms with Gasteiger partial charge in [-0.05, 0) is 36.1 Å². The average Bonchev–Trinajstić information content (AvgIpc) is 2.90. The molecule has 0 spiro atoms. The summed E-state index contributed by atoms with van der Waals surface area (Å²) < 4.78 is 24.8. The molecule has 2 rings (SSSR count). The molecule has 8 heteroatoms. The van der Waals surface area contributed by atoms with Crippen LogP contribution in [0.5, 0.6) is 0 Å². The first kappa shape index (κ1) is 17.2. The molecule has 1 amide bonds. The highest BCUT2D eigenvalue weighted by molar-refractivity contribution is 7.92. The number of carbonyl (C=O) groups is 1. The molecule has 0 fully saturated rings. The number of hydrazone groups is 1. The molecule has 6 nitrogen and oxygen atoms in total. The first-order valence-corrected chi connectivity index (χ1v) is 9.49. The normalized spacial score (nSPS) is 11.6. The van der Waals surface area contributed by atoms with Crippen LogP contribution in [0, 0.1) is 6.92 Å². The fourth-order valence-corrected chi connectivity index (χ4v) is 3.48. The van der Waals surface area contributed by atoms with Gasteiger partial charge < -0.3 is 0 Å². The summed E-state index contributed by atoms with van der Waals surface area (Å²) in [7, 11) is -3.57. The summed E-state index contributed by atoms with van der Waals surface area (Å²) >= 11 is 1.51. The highest BCUT2D eigenvalue weighted by Gasteiger charge is 2.20. The van der Waals surface area contributed by atoms with E-state index in [4.69, 9.17) is 0 Å². The molecule has 1 aromatic carbocycles. The minimum atomic E-state index is -3.57. The fourth-order valence-electron chi connectivity index (χ4n) is 1.84. The molecule has 0 atom stereocenters. The largest absolute Gasteiger partial charge is 0.271 e. The molecule has 1 N–H and O–H groups in total. The van der Waals surface area contributed by atoms with Gasteiger partial charge in [-0.1, -0.05) is 18.2 Å². The molecule has 122 valence electrons. The van der Waals surface area contributed by atoms with E-state index in [-0.39, 0.29) is 6.54 Å². The van der Waals surface area contributed by atoms with E-state index in [2.05, 4.69) is 10.5 Å². The van der Waals surface area contributed by atoms with E-state index in [1.807, 2.05) is 18.4 Å². The van der Waals surface area contributed by atoms with Gasteiger partial charge in [0.15, 0.2) is 0 Å². The Labute approximate surface area is 139 Å². The van der Waals surface area contributed by atoms with Gasteiger partial charge in [0.1, 0.15) is 6.54 Å². The van der Waals surface area contributed by atoms with E-state index in [0.717, 1.165) is 21.0 Å². The number of thiophene rings is 1. The van der Waals surface area contributed by atoms with Crippen molar-refractivity contribution < 1.29 is 13.2 Å². The predicted octanol–water partition coefficient (Wildman–Crippen LogP) is 1.97. The van der Waals surface area contributed by atoms with Gasteiger partial charge in [0.2, 0.25) is 10.0 Å². The second kappa shape index (κ2) is 7.38. The predicted molar refractivity (Wildman–Crippen MR) is 93.4 cm³/mol. The van der Waals surface area contributed by atoms with Crippen molar-refractivity contribution in [3.05, 3.63) is 52.2 Å². The van der Waals surface area contributed by atoms with Crippen LogP contribution in [0.15, 0.2) is 46.9 Å². The van der Waals surface area contributed by atoms with Gasteiger partial charge >= 0.3 is 0 Å². The number of hydrogen-bond donors (Lipinski definition) is 1. The SMILES string of the molecule is Cc1ccsc1/C=N\NC(=O)CN(c1ccccc1)S(C)(=O)=O. The Balaban J connectivity index is 2.04. The Hall–Kier alpha value is -2.19. The minimum absolute atomic E-state index is 0.330. The molecule has 0 unspecified atom stereocenters. The molecule has 23 heavy (non-hydrogen) atoms. The van der Waals surface area contributed by atoms with Gasteiger partial charge in [-0.15, -0.1) is 11.3 Å². The first-order chi connectivity index (χ1) is 10.9. The highest BCUT2D eigenvalue weighted by atomic mass is 32.2. The van der Waals surface area contributed by atoms with Crippen molar-refractivity contribution in [1.82, 2.24) is 5.43 Å². The maximum Gasteiger partial charge on any atom is 0.260 e. The van der Waals surface area contributed by atoms with Crippen LogP contribution in [0.2, 0.25) is 0 Å². The zero-order valence-corrected chi connectivity index (χ0v) is 14.4. The number of amides is 1. The second-order valence-electron chi connectivity index (χ2n) is 4.87. The maximum absolute atomic E-state index is 12.0.